The molecule has 0 aromatic heterocycles. The molecule has 5 heteroatoms. The normalized spacial score (nSPS) is 9.95. The topological polar surface area (TPSA) is 50.4 Å². The van der Waals surface area contributed by atoms with Crippen LogP contribution in [0, 0.1) is 6.92 Å². The van der Waals surface area contributed by atoms with Crippen LogP contribution in [-0.4, -0.2) is 13.0 Å². The highest BCUT2D eigenvalue weighted by Gasteiger charge is 2.08. The largest absolute Gasteiger partial charge is 0.497 e. The number of nitrogens with one attached hydrogen (secondary N) is 2. The number of rotatable bonds is 4. The standard InChI is InChI=1S/C15H15IN2O2/c1-10-6-7-11(8-14(10)18-16)15(19)17-12-4-3-5-13(9-12)20-2/h3-9,18H,1-2H3,(H,17,19). The van der Waals surface area contributed by atoms with Crippen LogP contribution < -0.4 is 13.6 Å². The summed E-state index contributed by atoms with van der Waals surface area (Å²) in [7, 11) is 1.60. The molecule has 20 heavy (non-hydrogen) atoms. The van der Waals surface area contributed by atoms with E-state index < -0.39 is 0 Å². The molecule has 0 bridgehead atoms. The van der Waals surface area contributed by atoms with Gasteiger partial charge in [-0.1, -0.05) is 12.1 Å². The van der Waals surface area contributed by atoms with E-state index in [-0.39, 0.29) is 5.91 Å². The molecule has 2 aromatic rings. The molecule has 1 amide bonds. The predicted octanol–water partition coefficient (Wildman–Crippen LogP) is 4.02. The fourth-order valence-corrected chi connectivity index (χ4v) is 2.35. The first-order valence-corrected chi connectivity index (χ1v) is 7.14. The van der Waals surface area contributed by atoms with Crippen LogP contribution in [0.4, 0.5) is 11.4 Å². The Morgan fingerprint density at radius 3 is 2.70 bits per heavy atom. The molecule has 2 aromatic carbocycles. The molecule has 0 radical (unpaired) electrons. The third kappa shape index (κ3) is 3.41. The number of hydrogen-bond donors (Lipinski definition) is 2. The van der Waals surface area contributed by atoms with E-state index in [2.05, 4.69) is 31.7 Å². The third-order valence-electron chi connectivity index (χ3n) is 2.93. The van der Waals surface area contributed by atoms with Crippen molar-refractivity contribution in [3.63, 3.8) is 0 Å². The van der Waals surface area contributed by atoms with Crippen molar-refractivity contribution in [3.05, 3.63) is 53.6 Å². The minimum atomic E-state index is -0.147. The molecule has 0 heterocycles. The summed E-state index contributed by atoms with van der Waals surface area (Å²) in [4.78, 5) is 12.2. The van der Waals surface area contributed by atoms with E-state index >= 15 is 0 Å². The molecule has 0 aliphatic rings. The summed E-state index contributed by atoms with van der Waals surface area (Å²) >= 11 is 2.05. The van der Waals surface area contributed by atoms with Crippen molar-refractivity contribution < 1.29 is 9.53 Å². The first kappa shape index (κ1) is 14.6. The van der Waals surface area contributed by atoms with E-state index in [1.165, 1.54) is 0 Å². The lowest BCUT2D eigenvalue weighted by molar-refractivity contribution is 0.102. The maximum Gasteiger partial charge on any atom is 0.255 e. The number of carbonyl (C=O) groups excluding carboxylic acids is 1. The summed E-state index contributed by atoms with van der Waals surface area (Å²) in [5.74, 6) is 0.562. The molecule has 2 N–H and O–H groups in total. The van der Waals surface area contributed by atoms with Gasteiger partial charge in [-0.2, -0.15) is 0 Å². The van der Waals surface area contributed by atoms with Crippen molar-refractivity contribution in [1.29, 1.82) is 0 Å². The van der Waals surface area contributed by atoms with E-state index in [0.717, 1.165) is 11.3 Å². The van der Waals surface area contributed by atoms with Crippen LogP contribution in [-0.2, 0) is 0 Å². The number of methoxy groups -OCH3 is 1. The molecule has 2 rings (SSSR count). The molecule has 0 spiro atoms. The number of anilines is 2. The van der Waals surface area contributed by atoms with Crippen LogP contribution in [0.5, 0.6) is 5.75 Å². The van der Waals surface area contributed by atoms with Crippen LogP contribution in [0.2, 0.25) is 0 Å². The lowest BCUT2D eigenvalue weighted by atomic mass is 10.1. The predicted molar refractivity (Wildman–Crippen MR) is 89.8 cm³/mol. The monoisotopic (exact) mass is 382 g/mol. The van der Waals surface area contributed by atoms with Crippen molar-refractivity contribution in [2.45, 2.75) is 6.92 Å². The summed E-state index contributed by atoms with van der Waals surface area (Å²) in [6.45, 7) is 1.99. The van der Waals surface area contributed by atoms with Crippen molar-refractivity contribution in [2.24, 2.45) is 0 Å². The zero-order valence-electron chi connectivity index (χ0n) is 11.2. The first-order chi connectivity index (χ1) is 9.63. The summed E-state index contributed by atoms with van der Waals surface area (Å²) in [5, 5.41) is 2.85. The minimum Gasteiger partial charge on any atom is -0.497 e. The van der Waals surface area contributed by atoms with Gasteiger partial charge in [0.15, 0.2) is 0 Å². The Balaban J connectivity index is 2.19. The average Bonchev–Trinajstić information content (AvgIpc) is 2.47. The van der Waals surface area contributed by atoms with Gasteiger partial charge in [0.2, 0.25) is 0 Å². The van der Waals surface area contributed by atoms with Crippen molar-refractivity contribution >= 4 is 40.1 Å². The van der Waals surface area contributed by atoms with Gasteiger partial charge in [-0.25, -0.2) is 0 Å². The molecule has 0 unspecified atom stereocenters. The molecule has 0 aliphatic carbocycles. The highest BCUT2D eigenvalue weighted by Crippen LogP contribution is 2.21. The van der Waals surface area contributed by atoms with Crippen molar-refractivity contribution in [3.8, 4) is 5.75 Å². The fourth-order valence-electron chi connectivity index (χ4n) is 1.77. The number of halogens is 1. The molecule has 0 atom stereocenters. The van der Waals surface area contributed by atoms with Gasteiger partial charge >= 0.3 is 0 Å². The van der Waals surface area contributed by atoms with Crippen LogP contribution in [0.25, 0.3) is 0 Å². The van der Waals surface area contributed by atoms with Gasteiger partial charge in [-0.05, 0) is 36.8 Å². The molecule has 104 valence electrons. The second-order valence-electron chi connectivity index (χ2n) is 4.31. The van der Waals surface area contributed by atoms with Crippen molar-refractivity contribution in [2.75, 3.05) is 16.0 Å². The summed E-state index contributed by atoms with van der Waals surface area (Å²) in [5.41, 5.74) is 3.35. The minimum absolute atomic E-state index is 0.147. The Labute approximate surface area is 132 Å². The van der Waals surface area contributed by atoms with E-state index in [9.17, 15) is 4.79 Å². The van der Waals surface area contributed by atoms with E-state index in [1.54, 1.807) is 13.2 Å². The maximum atomic E-state index is 12.2. The smallest absolute Gasteiger partial charge is 0.255 e. The second-order valence-corrected chi connectivity index (χ2v) is 4.85. The third-order valence-corrected chi connectivity index (χ3v) is 3.51. The highest BCUT2D eigenvalue weighted by atomic mass is 127. The molecular weight excluding hydrogens is 367 g/mol. The first-order valence-electron chi connectivity index (χ1n) is 6.06. The summed E-state index contributed by atoms with van der Waals surface area (Å²) < 4.78 is 8.17. The number of aryl methyl sites for hydroxylation is 1. The Morgan fingerprint density at radius 1 is 1.20 bits per heavy atom. The van der Waals surface area contributed by atoms with Gasteiger partial charge in [0.1, 0.15) is 5.75 Å². The Morgan fingerprint density at radius 2 is 2.00 bits per heavy atom. The Kier molecular flexibility index (Phi) is 4.84. The zero-order chi connectivity index (χ0) is 14.5. The van der Waals surface area contributed by atoms with Gasteiger partial charge in [0.25, 0.3) is 5.91 Å². The summed E-state index contributed by atoms with van der Waals surface area (Å²) in [6, 6.07) is 12.8. The quantitative estimate of drug-likeness (QED) is 0.621. The highest BCUT2D eigenvalue weighted by molar-refractivity contribution is 14.1. The lowest BCUT2D eigenvalue weighted by Gasteiger charge is -2.09. The van der Waals surface area contributed by atoms with Gasteiger partial charge in [-0.3, -0.25) is 4.79 Å². The number of amides is 1. The fraction of sp³-hybridized carbons (Fsp3) is 0.133. The SMILES string of the molecule is COc1cccc(NC(=O)c2ccc(C)c(NI)c2)c1. The van der Waals surface area contributed by atoms with Crippen LogP contribution in [0.1, 0.15) is 15.9 Å². The Hall–Kier alpha value is -1.76. The molecule has 0 saturated heterocycles. The van der Waals surface area contributed by atoms with Crippen LogP contribution in [0.3, 0.4) is 0 Å². The van der Waals surface area contributed by atoms with Gasteiger partial charge in [-0.15, -0.1) is 0 Å². The number of ether oxygens (including phenoxy) is 1. The van der Waals surface area contributed by atoms with Crippen LogP contribution >= 0.6 is 22.9 Å². The average molecular weight is 382 g/mol. The van der Waals surface area contributed by atoms with Gasteiger partial charge < -0.3 is 13.6 Å². The maximum absolute atomic E-state index is 12.2. The van der Waals surface area contributed by atoms with Gasteiger partial charge in [0, 0.05) is 23.0 Å². The molecular formula is C15H15IN2O2. The van der Waals surface area contributed by atoms with Gasteiger partial charge in [0.05, 0.1) is 30.0 Å². The number of carbonyl (C=O) groups is 1. The van der Waals surface area contributed by atoms with E-state index in [1.807, 2.05) is 43.3 Å². The van der Waals surface area contributed by atoms with Crippen molar-refractivity contribution in [1.82, 2.24) is 0 Å². The van der Waals surface area contributed by atoms with E-state index in [0.29, 0.717) is 17.0 Å². The molecule has 0 fully saturated rings. The zero-order valence-corrected chi connectivity index (χ0v) is 13.4. The Bertz CT molecular complexity index is 629. The second kappa shape index (κ2) is 6.60. The molecule has 4 nitrogen and oxygen atoms in total. The van der Waals surface area contributed by atoms with Crippen LogP contribution in [0.15, 0.2) is 42.5 Å². The number of hydrogen-bond acceptors (Lipinski definition) is 3. The summed E-state index contributed by atoms with van der Waals surface area (Å²) in [6.07, 6.45) is 0. The number of benzene rings is 2. The molecule has 0 saturated carbocycles. The van der Waals surface area contributed by atoms with E-state index in [4.69, 9.17) is 4.74 Å². The lowest BCUT2D eigenvalue weighted by Crippen LogP contribution is -2.12. The molecule has 0 aliphatic heterocycles.